The van der Waals surface area contributed by atoms with Crippen molar-refractivity contribution in [1.29, 1.82) is 0 Å². The average molecular weight is 352 g/mol. The maximum atomic E-state index is 13.0. The summed E-state index contributed by atoms with van der Waals surface area (Å²) < 4.78 is 13.0. The first-order chi connectivity index (χ1) is 11.4. The van der Waals surface area contributed by atoms with Gasteiger partial charge in [-0.1, -0.05) is 11.6 Å². The van der Waals surface area contributed by atoms with Gasteiger partial charge in [0, 0.05) is 38.9 Å². The molecule has 2 aromatic rings. The van der Waals surface area contributed by atoms with Crippen molar-refractivity contribution in [1.82, 2.24) is 15.3 Å². The molecule has 0 saturated carbocycles. The summed E-state index contributed by atoms with van der Waals surface area (Å²) >= 11 is 5.86. The van der Waals surface area contributed by atoms with Gasteiger partial charge in [0.15, 0.2) is 0 Å². The third-order valence-electron chi connectivity index (χ3n) is 3.17. The molecule has 8 heteroatoms. The number of nitrogens with zero attached hydrogens (tertiary/aromatic N) is 3. The average Bonchev–Trinajstić information content (AvgIpc) is 2.50. The zero-order valence-electron chi connectivity index (χ0n) is 13.7. The van der Waals surface area contributed by atoms with E-state index < -0.39 is 5.82 Å². The molecule has 0 aliphatic heterocycles. The highest BCUT2D eigenvalue weighted by Gasteiger charge is 2.10. The predicted molar refractivity (Wildman–Crippen MR) is 93.3 cm³/mol. The van der Waals surface area contributed by atoms with Crippen molar-refractivity contribution in [2.24, 2.45) is 0 Å². The molecule has 1 aromatic heterocycles. The Morgan fingerprint density at radius 3 is 2.67 bits per heavy atom. The first-order valence-corrected chi connectivity index (χ1v) is 7.75. The maximum absolute atomic E-state index is 13.0. The van der Waals surface area contributed by atoms with Crippen LogP contribution in [0.3, 0.4) is 0 Å². The molecule has 1 heterocycles. The van der Waals surface area contributed by atoms with Gasteiger partial charge in [0.05, 0.1) is 10.6 Å². The number of amides is 1. The fraction of sp³-hybridized carbons (Fsp3) is 0.312. The monoisotopic (exact) mass is 351 g/mol. The summed E-state index contributed by atoms with van der Waals surface area (Å²) in [5.74, 6) is 0.451. The van der Waals surface area contributed by atoms with Crippen LogP contribution >= 0.6 is 11.6 Å². The Kier molecular flexibility index (Phi) is 5.92. The summed E-state index contributed by atoms with van der Waals surface area (Å²) in [4.78, 5) is 22.5. The van der Waals surface area contributed by atoms with E-state index in [0.717, 1.165) is 17.6 Å². The van der Waals surface area contributed by atoms with Gasteiger partial charge >= 0.3 is 0 Å². The Bertz CT molecular complexity index is 738. The van der Waals surface area contributed by atoms with Crippen molar-refractivity contribution >= 4 is 29.3 Å². The van der Waals surface area contributed by atoms with Crippen LogP contribution in [0.1, 0.15) is 16.1 Å². The zero-order valence-corrected chi connectivity index (χ0v) is 14.5. The van der Waals surface area contributed by atoms with Crippen LogP contribution < -0.4 is 15.5 Å². The van der Waals surface area contributed by atoms with E-state index in [-0.39, 0.29) is 16.5 Å². The van der Waals surface area contributed by atoms with E-state index in [1.165, 1.54) is 12.1 Å². The van der Waals surface area contributed by atoms with Crippen molar-refractivity contribution in [3.05, 3.63) is 46.4 Å². The summed E-state index contributed by atoms with van der Waals surface area (Å²) in [6.45, 7) is 2.68. The highest BCUT2D eigenvalue weighted by Crippen LogP contribution is 2.17. The summed E-state index contributed by atoms with van der Waals surface area (Å²) in [6.07, 6.45) is 0. The molecule has 6 nitrogen and oxygen atoms in total. The molecule has 128 valence electrons. The molecule has 2 rings (SSSR count). The van der Waals surface area contributed by atoms with Gasteiger partial charge in [0.1, 0.15) is 11.6 Å². The highest BCUT2D eigenvalue weighted by atomic mass is 35.5. The molecule has 0 aliphatic carbocycles. The molecule has 0 atom stereocenters. The third kappa shape index (κ3) is 4.79. The van der Waals surface area contributed by atoms with Crippen LogP contribution in [0.25, 0.3) is 0 Å². The molecule has 0 saturated heterocycles. The van der Waals surface area contributed by atoms with E-state index in [2.05, 4.69) is 20.6 Å². The van der Waals surface area contributed by atoms with Crippen molar-refractivity contribution in [2.75, 3.05) is 37.4 Å². The lowest BCUT2D eigenvalue weighted by Crippen LogP contribution is -2.29. The van der Waals surface area contributed by atoms with Gasteiger partial charge in [0.2, 0.25) is 5.95 Å². The second-order valence-corrected chi connectivity index (χ2v) is 5.80. The molecule has 0 bridgehead atoms. The van der Waals surface area contributed by atoms with Crippen molar-refractivity contribution in [3.8, 4) is 0 Å². The maximum Gasteiger partial charge on any atom is 0.252 e. The lowest BCUT2D eigenvalue weighted by atomic mass is 10.2. The molecule has 1 amide bonds. The summed E-state index contributed by atoms with van der Waals surface area (Å²) in [5, 5.41) is 5.84. The lowest BCUT2D eigenvalue weighted by molar-refractivity contribution is 0.0955. The van der Waals surface area contributed by atoms with Crippen LogP contribution in [-0.4, -0.2) is 43.1 Å². The van der Waals surface area contributed by atoms with Crippen LogP contribution in [0, 0.1) is 12.7 Å². The second kappa shape index (κ2) is 7.92. The Labute approximate surface area is 145 Å². The molecule has 0 radical (unpaired) electrons. The van der Waals surface area contributed by atoms with Gasteiger partial charge in [-0.15, -0.1) is 0 Å². The number of halogens is 2. The zero-order chi connectivity index (χ0) is 17.7. The van der Waals surface area contributed by atoms with E-state index in [1.54, 1.807) is 0 Å². The largest absolute Gasteiger partial charge is 0.363 e. The van der Waals surface area contributed by atoms with E-state index in [9.17, 15) is 9.18 Å². The molecule has 1 aromatic carbocycles. The Hall–Kier alpha value is -2.41. The Balaban J connectivity index is 1.88. The van der Waals surface area contributed by atoms with Crippen LogP contribution in [0.2, 0.25) is 5.02 Å². The molecule has 24 heavy (non-hydrogen) atoms. The number of anilines is 2. The number of benzene rings is 1. The van der Waals surface area contributed by atoms with E-state index in [0.29, 0.717) is 19.0 Å². The standard InChI is InChI=1S/C16H19ClFN5O/c1-10-8-14(23(2)3)22-16(21-10)20-7-6-19-15(24)12-5-4-11(18)9-13(12)17/h4-5,8-9H,6-7H2,1-3H3,(H,19,24)(H,20,21,22). The number of aryl methyl sites for hydroxylation is 1. The fourth-order valence-corrected chi connectivity index (χ4v) is 2.23. The van der Waals surface area contributed by atoms with Crippen LogP contribution in [-0.2, 0) is 0 Å². The van der Waals surface area contributed by atoms with E-state index >= 15 is 0 Å². The summed E-state index contributed by atoms with van der Waals surface area (Å²) in [7, 11) is 3.80. The van der Waals surface area contributed by atoms with Crippen molar-refractivity contribution < 1.29 is 9.18 Å². The predicted octanol–water partition coefficient (Wildman–Crippen LogP) is 2.49. The van der Waals surface area contributed by atoms with Gasteiger partial charge in [-0.2, -0.15) is 4.98 Å². The molecule has 0 fully saturated rings. The normalized spacial score (nSPS) is 10.4. The molecule has 0 aliphatic rings. The quantitative estimate of drug-likeness (QED) is 0.782. The number of hydrogen-bond acceptors (Lipinski definition) is 5. The number of aromatic nitrogens is 2. The topological polar surface area (TPSA) is 70.2 Å². The van der Waals surface area contributed by atoms with Crippen molar-refractivity contribution in [3.63, 3.8) is 0 Å². The molecular weight excluding hydrogens is 333 g/mol. The van der Waals surface area contributed by atoms with Gasteiger partial charge < -0.3 is 15.5 Å². The Morgan fingerprint density at radius 1 is 1.25 bits per heavy atom. The molecular formula is C16H19ClFN5O. The molecule has 0 unspecified atom stereocenters. The number of carbonyl (C=O) groups is 1. The second-order valence-electron chi connectivity index (χ2n) is 5.39. The fourth-order valence-electron chi connectivity index (χ4n) is 1.98. The minimum atomic E-state index is -0.480. The van der Waals surface area contributed by atoms with Gasteiger partial charge in [-0.05, 0) is 25.1 Å². The van der Waals surface area contributed by atoms with Crippen molar-refractivity contribution in [2.45, 2.75) is 6.92 Å². The highest BCUT2D eigenvalue weighted by molar-refractivity contribution is 6.33. The van der Waals surface area contributed by atoms with Gasteiger partial charge in [-0.3, -0.25) is 4.79 Å². The van der Waals surface area contributed by atoms with E-state index in [1.807, 2.05) is 32.0 Å². The van der Waals surface area contributed by atoms with Crippen LogP contribution in [0.15, 0.2) is 24.3 Å². The summed E-state index contributed by atoms with van der Waals surface area (Å²) in [5.41, 5.74) is 1.08. The van der Waals surface area contributed by atoms with E-state index in [4.69, 9.17) is 11.6 Å². The van der Waals surface area contributed by atoms with Gasteiger partial charge in [-0.25, -0.2) is 9.37 Å². The first kappa shape index (κ1) is 17.9. The minimum absolute atomic E-state index is 0.0816. The number of nitrogens with one attached hydrogen (secondary N) is 2. The number of rotatable bonds is 6. The van der Waals surface area contributed by atoms with Gasteiger partial charge in [0.25, 0.3) is 5.91 Å². The lowest BCUT2D eigenvalue weighted by Gasteiger charge is -2.14. The van der Waals surface area contributed by atoms with Crippen LogP contribution in [0.5, 0.6) is 0 Å². The molecule has 2 N–H and O–H groups in total. The van der Waals surface area contributed by atoms with Crippen LogP contribution in [0.4, 0.5) is 16.2 Å². The SMILES string of the molecule is Cc1cc(N(C)C)nc(NCCNC(=O)c2ccc(F)cc2Cl)n1. The smallest absolute Gasteiger partial charge is 0.252 e. The molecule has 0 spiro atoms. The third-order valence-corrected chi connectivity index (χ3v) is 3.48. The Morgan fingerprint density at radius 2 is 2.00 bits per heavy atom. The minimum Gasteiger partial charge on any atom is -0.363 e. The summed E-state index contributed by atoms with van der Waals surface area (Å²) in [6, 6.07) is 5.54. The number of carbonyl (C=O) groups excluding carboxylic acids is 1. The first-order valence-electron chi connectivity index (χ1n) is 7.37. The number of hydrogen-bond donors (Lipinski definition) is 2.